The second kappa shape index (κ2) is 7.22. The summed E-state index contributed by atoms with van der Waals surface area (Å²) in [5.41, 5.74) is 1.98. The maximum atomic E-state index is 5.97. The number of aromatic nitrogens is 5. The fourth-order valence-electron chi connectivity index (χ4n) is 3.76. The van der Waals surface area contributed by atoms with E-state index >= 15 is 0 Å². The van der Waals surface area contributed by atoms with Crippen LogP contribution in [0.4, 0.5) is 5.13 Å². The third kappa shape index (κ3) is 3.40. The van der Waals surface area contributed by atoms with Crippen molar-refractivity contribution >= 4 is 33.0 Å². The van der Waals surface area contributed by atoms with E-state index < -0.39 is 0 Å². The van der Waals surface area contributed by atoms with Crippen LogP contribution in [-0.2, 0) is 13.5 Å². The minimum absolute atomic E-state index is 0.693. The summed E-state index contributed by atoms with van der Waals surface area (Å²) in [6.45, 7) is 2.07. The van der Waals surface area contributed by atoms with Crippen LogP contribution < -0.4 is 4.90 Å². The molecule has 0 amide bonds. The molecule has 1 saturated heterocycles. The lowest BCUT2D eigenvalue weighted by atomic mass is 9.93. The van der Waals surface area contributed by atoms with Crippen LogP contribution in [0.3, 0.4) is 0 Å². The fourth-order valence-corrected chi connectivity index (χ4v) is 4.82. The average Bonchev–Trinajstić information content (AvgIpc) is 3.38. The lowest BCUT2D eigenvalue weighted by Crippen LogP contribution is -2.34. The summed E-state index contributed by atoms with van der Waals surface area (Å²) in [7, 11) is 2.07. The Labute approximate surface area is 172 Å². The first-order valence-corrected chi connectivity index (χ1v) is 10.7. The van der Waals surface area contributed by atoms with E-state index in [-0.39, 0.29) is 0 Å². The monoisotopic (exact) mass is 412 g/mol. The van der Waals surface area contributed by atoms with E-state index in [2.05, 4.69) is 21.5 Å². The van der Waals surface area contributed by atoms with Crippen LogP contribution in [0.2, 0.25) is 5.02 Å². The molecule has 0 aliphatic carbocycles. The predicted molar refractivity (Wildman–Crippen MR) is 113 cm³/mol. The summed E-state index contributed by atoms with van der Waals surface area (Å²) < 4.78 is 4.02. The molecule has 0 atom stereocenters. The Morgan fingerprint density at radius 2 is 1.96 bits per heavy atom. The number of nitrogens with zero attached hydrogens (tertiary/aromatic N) is 6. The highest BCUT2D eigenvalue weighted by molar-refractivity contribution is 7.20. The van der Waals surface area contributed by atoms with Crippen molar-refractivity contribution in [3.05, 3.63) is 53.7 Å². The second-order valence-electron chi connectivity index (χ2n) is 7.33. The quantitative estimate of drug-likeness (QED) is 0.501. The van der Waals surface area contributed by atoms with Crippen molar-refractivity contribution in [2.45, 2.75) is 19.3 Å². The summed E-state index contributed by atoms with van der Waals surface area (Å²) >= 11 is 7.63. The number of fused-ring (bicyclic) bond motifs is 1. The third-order valence-corrected chi connectivity index (χ3v) is 6.69. The van der Waals surface area contributed by atoms with E-state index in [0.29, 0.717) is 5.92 Å². The first kappa shape index (κ1) is 17.7. The fraction of sp³-hybridized carbons (Fsp3) is 0.350. The molecule has 0 unspecified atom stereocenters. The normalized spacial score (nSPS) is 15.6. The summed E-state index contributed by atoms with van der Waals surface area (Å²) in [6.07, 6.45) is 9.30. The molecule has 0 radical (unpaired) electrons. The van der Waals surface area contributed by atoms with Gasteiger partial charge >= 0.3 is 0 Å². The first-order valence-electron chi connectivity index (χ1n) is 9.49. The number of piperidine rings is 1. The summed E-state index contributed by atoms with van der Waals surface area (Å²) in [6, 6.07) is 7.75. The maximum absolute atomic E-state index is 5.97. The van der Waals surface area contributed by atoms with Crippen molar-refractivity contribution in [1.82, 2.24) is 24.1 Å². The Bertz CT molecular complexity index is 1060. The standard InChI is InChI=1S/C20H21ClN6S/c1-25-11-8-22-18(25)12-14-6-9-26(10-7-14)20-24-27-13-17(23-19(27)28-20)15-2-4-16(21)5-3-15/h2-5,8,11,13-14H,6-7,9-10,12H2,1H3. The third-order valence-electron chi connectivity index (χ3n) is 5.45. The maximum Gasteiger partial charge on any atom is 0.214 e. The molecule has 3 aromatic heterocycles. The van der Waals surface area contributed by atoms with Gasteiger partial charge in [0.25, 0.3) is 0 Å². The molecule has 28 heavy (non-hydrogen) atoms. The van der Waals surface area contributed by atoms with Crippen LogP contribution in [0, 0.1) is 5.92 Å². The van der Waals surface area contributed by atoms with Gasteiger partial charge in [0.1, 0.15) is 5.82 Å². The molecule has 5 rings (SSSR count). The highest BCUT2D eigenvalue weighted by atomic mass is 35.5. The van der Waals surface area contributed by atoms with Gasteiger partial charge < -0.3 is 9.47 Å². The number of imidazole rings is 2. The molecule has 8 heteroatoms. The van der Waals surface area contributed by atoms with Crippen molar-refractivity contribution < 1.29 is 0 Å². The molecule has 0 bridgehead atoms. The smallest absolute Gasteiger partial charge is 0.214 e. The Hall–Kier alpha value is -2.38. The topological polar surface area (TPSA) is 51.2 Å². The summed E-state index contributed by atoms with van der Waals surface area (Å²) in [5, 5.41) is 6.56. The van der Waals surface area contributed by atoms with Gasteiger partial charge in [-0.25, -0.2) is 14.5 Å². The van der Waals surface area contributed by atoms with Gasteiger partial charge in [-0.05, 0) is 30.9 Å². The van der Waals surface area contributed by atoms with Crippen LogP contribution in [0.5, 0.6) is 0 Å². The SMILES string of the molecule is Cn1ccnc1CC1CCN(c2nn3cc(-c4ccc(Cl)cc4)nc3s2)CC1. The van der Waals surface area contributed by atoms with Crippen LogP contribution in [-0.4, -0.2) is 37.2 Å². The van der Waals surface area contributed by atoms with Gasteiger partial charge in [0, 0.05) is 49.5 Å². The van der Waals surface area contributed by atoms with E-state index in [0.717, 1.165) is 45.9 Å². The Kier molecular flexibility index (Phi) is 4.56. The highest BCUT2D eigenvalue weighted by Crippen LogP contribution is 2.30. The number of halogens is 1. The molecule has 1 aliphatic heterocycles. The van der Waals surface area contributed by atoms with Crippen molar-refractivity contribution in [1.29, 1.82) is 0 Å². The lowest BCUT2D eigenvalue weighted by Gasteiger charge is -2.31. The minimum Gasteiger partial charge on any atom is -0.347 e. The number of hydrogen-bond acceptors (Lipinski definition) is 5. The van der Waals surface area contributed by atoms with Crippen LogP contribution in [0.15, 0.2) is 42.9 Å². The molecule has 1 aliphatic rings. The van der Waals surface area contributed by atoms with E-state index in [1.54, 1.807) is 11.3 Å². The lowest BCUT2D eigenvalue weighted by molar-refractivity contribution is 0.393. The molecule has 4 aromatic rings. The van der Waals surface area contributed by atoms with Crippen LogP contribution in [0.1, 0.15) is 18.7 Å². The van der Waals surface area contributed by atoms with Gasteiger partial charge in [0.05, 0.1) is 11.9 Å². The summed E-state index contributed by atoms with van der Waals surface area (Å²) in [5.74, 6) is 1.87. The average molecular weight is 413 g/mol. The van der Waals surface area contributed by atoms with Crippen molar-refractivity contribution in [3.8, 4) is 11.3 Å². The molecule has 4 heterocycles. The van der Waals surface area contributed by atoms with E-state index in [4.69, 9.17) is 21.7 Å². The van der Waals surface area contributed by atoms with Crippen LogP contribution in [0.25, 0.3) is 16.2 Å². The predicted octanol–water partition coefficient (Wildman–Crippen LogP) is 4.30. The molecule has 144 valence electrons. The number of aryl methyl sites for hydroxylation is 1. The number of rotatable bonds is 4. The Morgan fingerprint density at radius 1 is 1.18 bits per heavy atom. The highest BCUT2D eigenvalue weighted by Gasteiger charge is 2.23. The van der Waals surface area contributed by atoms with Gasteiger partial charge in [-0.15, -0.1) is 5.10 Å². The van der Waals surface area contributed by atoms with E-state index in [1.165, 1.54) is 18.7 Å². The second-order valence-corrected chi connectivity index (χ2v) is 8.70. The minimum atomic E-state index is 0.693. The molecule has 1 aromatic carbocycles. The first-order chi connectivity index (χ1) is 13.7. The largest absolute Gasteiger partial charge is 0.347 e. The Morgan fingerprint density at radius 3 is 2.64 bits per heavy atom. The zero-order chi connectivity index (χ0) is 19.1. The van der Waals surface area contributed by atoms with Crippen molar-refractivity contribution in [2.24, 2.45) is 13.0 Å². The van der Waals surface area contributed by atoms with Gasteiger partial charge in [0.2, 0.25) is 10.1 Å². The van der Waals surface area contributed by atoms with Crippen molar-refractivity contribution in [2.75, 3.05) is 18.0 Å². The van der Waals surface area contributed by atoms with Gasteiger partial charge in [-0.3, -0.25) is 0 Å². The molecular formula is C20H21ClN6S. The van der Waals surface area contributed by atoms with Gasteiger partial charge in [-0.1, -0.05) is 35.1 Å². The molecule has 0 N–H and O–H groups in total. The van der Waals surface area contributed by atoms with Gasteiger partial charge in [-0.2, -0.15) is 0 Å². The van der Waals surface area contributed by atoms with Gasteiger partial charge in [0.15, 0.2) is 0 Å². The molecule has 6 nitrogen and oxygen atoms in total. The van der Waals surface area contributed by atoms with E-state index in [9.17, 15) is 0 Å². The zero-order valence-corrected chi connectivity index (χ0v) is 17.2. The molecule has 1 fully saturated rings. The van der Waals surface area contributed by atoms with Crippen molar-refractivity contribution in [3.63, 3.8) is 0 Å². The Balaban J connectivity index is 1.26. The van der Waals surface area contributed by atoms with Crippen LogP contribution >= 0.6 is 22.9 Å². The number of anilines is 1. The number of hydrogen-bond donors (Lipinski definition) is 0. The summed E-state index contributed by atoms with van der Waals surface area (Å²) in [4.78, 5) is 12.5. The van der Waals surface area contributed by atoms with E-state index in [1.807, 2.05) is 47.4 Å². The molecule has 0 saturated carbocycles. The molecule has 0 spiro atoms. The zero-order valence-electron chi connectivity index (χ0n) is 15.6. The molecular weight excluding hydrogens is 392 g/mol. The number of benzene rings is 1.